The second kappa shape index (κ2) is 7.41. The summed E-state index contributed by atoms with van der Waals surface area (Å²) in [7, 11) is 0. The third-order valence-corrected chi connectivity index (χ3v) is 4.25. The Morgan fingerprint density at radius 3 is 2.88 bits per heavy atom. The van der Waals surface area contributed by atoms with Crippen molar-refractivity contribution in [3.8, 4) is 17.6 Å². The van der Waals surface area contributed by atoms with Gasteiger partial charge in [-0.1, -0.05) is 18.2 Å². The average molecular weight is 399 g/mol. The van der Waals surface area contributed by atoms with Crippen molar-refractivity contribution in [2.75, 3.05) is 6.61 Å². The van der Waals surface area contributed by atoms with E-state index < -0.39 is 5.97 Å². The number of H-pyrrole nitrogens is 1. The number of nitrogens with zero attached hydrogens (tertiary/aromatic N) is 1. The number of aromatic amines is 1. The van der Waals surface area contributed by atoms with Crippen LogP contribution in [0.15, 0.2) is 47.1 Å². The molecule has 2 aromatic carbocycles. The maximum atomic E-state index is 12.4. The highest BCUT2D eigenvalue weighted by atomic mass is 79.9. The molecule has 0 bridgehead atoms. The van der Waals surface area contributed by atoms with Gasteiger partial charge in [0.25, 0.3) is 0 Å². The highest BCUT2D eigenvalue weighted by Crippen LogP contribution is 2.37. The number of esters is 1. The second-order valence-corrected chi connectivity index (χ2v) is 6.19. The Labute approximate surface area is 153 Å². The fourth-order valence-electron chi connectivity index (χ4n) is 2.58. The SMILES string of the molecule is CCOc1cc(C#N)cc(Br)c1OC(=O)Cc1c[nH]c2ccccc12. The minimum atomic E-state index is -0.406. The number of ether oxygens (including phenoxy) is 2. The van der Waals surface area contributed by atoms with Crippen LogP contribution in [0.25, 0.3) is 10.9 Å². The van der Waals surface area contributed by atoms with E-state index in [1.807, 2.05) is 43.5 Å². The molecule has 1 aromatic heterocycles. The minimum Gasteiger partial charge on any atom is -0.490 e. The molecule has 0 spiro atoms. The van der Waals surface area contributed by atoms with E-state index in [0.29, 0.717) is 22.4 Å². The van der Waals surface area contributed by atoms with Crippen LogP contribution < -0.4 is 9.47 Å². The maximum absolute atomic E-state index is 12.4. The Balaban J connectivity index is 1.84. The zero-order valence-corrected chi connectivity index (χ0v) is 15.1. The van der Waals surface area contributed by atoms with Crippen LogP contribution in [-0.4, -0.2) is 17.6 Å². The predicted octanol–water partition coefficient (Wildman–Crippen LogP) is 4.35. The molecule has 6 heteroatoms. The molecule has 1 N–H and O–H groups in total. The molecule has 0 aliphatic carbocycles. The Morgan fingerprint density at radius 2 is 2.12 bits per heavy atom. The molecule has 1 heterocycles. The highest BCUT2D eigenvalue weighted by molar-refractivity contribution is 9.10. The minimum absolute atomic E-state index is 0.127. The van der Waals surface area contributed by atoms with Crippen molar-refractivity contribution in [1.82, 2.24) is 4.98 Å². The first-order valence-electron chi connectivity index (χ1n) is 7.74. The Bertz CT molecular complexity index is 972. The first-order valence-corrected chi connectivity index (χ1v) is 8.53. The summed E-state index contributed by atoms with van der Waals surface area (Å²) in [5, 5.41) is 10.1. The zero-order valence-electron chi connectivity index (χ0n) is 13.5. The summed E-state index contributed by atoms with van der Waals surface area (Å²) < 4.78 is 11.5. The van der Waals surface area contributed by atoms with Gasteiger partial charge < -0.3 is 14.5 Å². The number of benzene rings is 2. The Hall–Kier alpha value is -2.78. The summed E-state index contributed by atoms with van der Waals surface area (Å²) in [5.74, 6) is 0.238. The van der Waals surface area contributed by atoms with E-state index in [1.165, 1.54) is 0 Å². The van der Waals surface area contributed by atoms with Crippen LogP contribution in [0.1, 0.15) is 18.1 Å². The van der Waals surface area contributed by atoms with Crippen molar-refractivity contribution in [3.05, 3.63) is 58.2 Å². The van der Waals surface area contributed by atoms with Crippen molar-refractivity contribution in [1.29, 1.82) is 5.26 Å². The Morgan fingerprint density at radius 1 is 1.32 bits per heavy atom. The lowest BCUT2D eigenvalue weighted by Gasteiger charge is -2.12. The number of para-hydroxylation sites is 1. The van der Waals surface area contributed by atoms with E-state index in [1.54, 1.807) is 12.1 Å². The molecule has 3 aromatic rings. The topological polar surface area (TPSA) is 75.1 Å². The fraction of sp³-hybridized carbons (Fsp3) is 0.158. The summed E-state index contributed by atoms with van der Waals surface area (Å²) in [4.78, 5) is 15.5. The summed E-state index contributed by atoms with van der Waals surface area (Å²) in [6, 6.07) is 13.0. The Kier molecular flexibility index (Phi) is 5.05. The van der Waals surface area contributed by atoms with Gasteiger partial charge in [0, 0.05) is 23.2 Å². The largest absolute Gasteiger partial charge is 0.490 e. The molecule has 0 fully saturated rings. The summed E-state index contributed by atoms with van der Waals surface area (Å²) >= 11 is 3.34. The predicted molar refractivity (Wildman–Crippen MR) is 97.7 cm³/mol. The van der Waals surface area contributed by atoms with Gasteiger partial charge in [0.15, 0.2) is 11.5 Å². The van der Waals surface area contributed by atoms with E-state index in [2.05, 4.69) is 20.9 Å². The quantitative estimate of drug-likeness (QED) is 0.511. The van der Waals surface area contributed by atoms with Crippen LogP contribution in [0.2, 0.25) is 0 Å². The summed E-state index contributed by atoms with van der Waals surface area (Å²) in [6.07, 6.45) is 1.94. The molecule has 3 rings (SSSR count). The van der Waals surface area contributed by atoms with Gasteiger partial charge in [0.1, 0.15) is 0 Å². The maximum Gasteiger partial charge on any atom is 0.315 e. The number of carbonyl (C=O) groups excluding carboxylic acids is 1. The first kappa shape index (κ1) is 17.1. The van der Waals surface area contributed by atoms with Gasteiger partial charge in [-0.15, -0.1) is 0 Å². The van der Waals surface area contributed by atoms with Gasteiger partial charge in [-0.25, -0.2) is 0 Å². The van der Waals surface area contributed by atoms with Crippen molar-refractivity contribution >= 4 is 32.8 Å². The van der Waals surface area contributed by atoms with Crippen molar-refractivity contribution < 1.29 is 14.3 Å². The first-order chi connectivity index (χ1) is 12.1. The molecule has 0 saturated heterocycles. The molecular formula is C19H15BrN2O3. The number of hydrogen-bond donors (Lipinski definition) is 1. The van der Waals surface area contributed by atoms with E-state index in [0.717, 1.165) is 16.5 Å². The van der Waals surface area contributed by atoms with Gasteiger partial charge in [-0.05, 0) is 40.5 Å². The average Bonchev–Trinajstić information content (AvgIpc) is 3.01. The standard InChI is InChI=1S/C19H15BrN2O3/c1-2-24-17-8-12(10-21)7-15(20)19(17)25-18(23)9-13-11-22-16-6-4-3-5-14(13)16/h3-8,11,22H,2,9H2,1H3. The number of hydrogen-bond acceptors (Lipinski definition) is 4. The van der Waals surface area contributed by atoms with Crippen LogP contribution >= 0.6 is 15.9 Å². The number of fused-ring (bicyclic) bond motifs is 1. The van der Waals surface area contributed by atoms with Crippen molar-refractivity contribution in [2.24, 2.45) is 0 Å². The lowest BCUT2D eigenvalue weighted by atomic mass is 10.1. The smallest absolute Gasteiger partial charge is 0.315 e. The van der Waals surface area contributed by atoms with Crippen LogP contribution in [0.3, 0.4) is 0 Å². The number of carbonyl (C=O) groups is 1. The molecule has 0 atom stereocenters. The molecule has 0 radical (unpaired) electrons. The van der Waals surface area contributed by atoms with Crippen LogP contribution in [0.5, 0.6) is 11.5 Å². The van der Waals surface area contributed by atoms with Gasteiger partial charge in [0.2, 0.25) is 0 Å². The highest BCUT2D eigenvalue weighted by Gasteiger charge is 2.17. The molecule has 126 valence electrons. The van der Waals surface area contributed by atoms with Gasteiger partial charge in [0.05, 0.1) is 29.1 Å². The number of aromatic nitrogens is 1. The lowest BCUT2D eigenvalue weighted by molar-refractivity contribution is -0.133. The van der Waals surface area contributed by atoms with Crippen LogP contribution in [-0.2, 0) is 11.2 Å². The monoisotopic (exact) mass is 398 g/mol. The van der Waals surface area contributed by atoms with Crippen LogP contribution in [0, 0.1) is 11.3 Å². The van der Waals surface area contributed by atoms with E-state index in [-0.39, 0.29) is 12.2 Å². The van der Waals surface area contributed by atoms with E-state index >= 15 is 0 Å². The zero-order chi connectivity index (χ0) is 17.8. The molecule has 0 aliphatic rings. The van der Waals surface area contributed by atoms with E-state index in [9.17, 15) is 4.79 Å². The number of halogens is 1. The van der Waals surface area contributed by atoms with E-state index in [4.69, 9.17) is 14.7 Å². The molecule has 0 saturated carbocycles. The lowest BCUT2D eigenvalue weighted by Crippen LogP contribution is -2.12. The number of nitriles is 1. The fourth-order valence-corrected chi connectivity index (χ4v) is 3.10. The molecule has 0 unspecified atom stereocenters. The molecular weight excluding hydrogens is 384 g/mol. The normalized spacial score (nSPS) is 10.4. The van der Waals surface area contributed by atoms with Crippen LogP contribution in [0.4, 0.5) is 0 Å². The summed E-state index contributed by atoms with van der Waals surface area (Å²) in [6.45, 7) is 2.22. The molecule has 5 nitrogen and oxygen atoms in total. The second-order valence-electron chi connectivity index (χ2n) is 5.34. The van der Waals surface area contributed by atoms with Gasteiger partial charge in [-0.3, -0.25) is 4.79 Å². The van der Waals surface area contributed by atoms with Crippen molar-refractivity contribution in [3.63, 3.8) is 0 Å². The van der Waals surface area contributed by atoms with Crippen molar-refractivity contribution in [2.45, 2.75) is 13.3 Å². The van der Waals surface area contributed by atoms with Gasteiger partial charge >= 0.3 is 5.97 Å². The third kappa shape index (κ3) is 3.67. The molecule has 0 aliphatic heterocycles. The number of nitrogens with one attached hydrogen (secondary N) is 1. The number of rotatable bonds is 5. The summed E-state index contributed by atoms with van der Waals surface area (Å²) in [5.41, 5.74) is 2.26. The van der Waals surface area contributed by atoms with Gasteiger partial charge in [-0.2, -0.15) is 5.26 Å². The molecule has 0 amide bonds. The third-order valence-electron chi connectivity index (χ3n) is 3.66. The molecule has 25 heavy (non-hydrogen) atoms.